The number of piperidine rings is 1. The fraction of sp³-hybridized carbons (Fsp3) is 0.833. The predicted octanol–water partition coefficient (Wildman–Crippen LogP) is 1.74. The van der Waals surface area contributed by atoms with Gasteiger partial charge in [-0.3, -0.25) is 0 Å². The summed E-state index contributed by atoms with van der Waals surface area (Å²) >= 11 is 0. The molecule has 4 nitrogen and oxygen atoms in total. The molecule has 0 spiro atoms. The molecule has 17 heavy (non-hydrogen) atoms. The quantitative estimate of drug-likeness (QED) is 0.433. The largest absolute Gasteiger partial charge is 0.748 e. The molecule has 1 rings (SSSR count). The van der Waals surface area contributed by atoms with Gasteiger partial charge < -0.3 is 9.04 Å². The Bertz CT molecular complexity index is 333. The molecular formula is C12H25NO3S. The second-order valence-electron chi connectivity index (χ2n) is 5.45. The van der Waals surface area contributed by atoms with Crippen LogP contribution in [0.15, 0.2) is 11.6 Å². The van der Waals surface area contributed by atoms with Crippen LogP contribution in [0.25, 0.3) is 0 Å². The first-order valence-corrected chi connectivity index (χ1v) is 7.59. The maximum atomic E-state index is 9.94. The smallest absolute Gasteiger partial charge is 0.0982 e. The summed E-state index contributed by atoms with van der Waals surface area (Å²) in [7, 11) is 0.592. The topological polar surface area (TPSA) is 57.2 Å². The second-order valence-corrected chi connectivity index (χ2v) is 6.90. The third-order valence-corrected chi connectivity index (χ3v) is 3.30. The van der Waals surface area contributed by atoms with E-state index in [1.807, 2.05) is 0 Å². The molecule has 0 amide bonds. The maximum absolute atomic E-state index is 9.94. The zero-order valence-corrected chi connectivity index (χ0v) is 12.2. The van der Waals surface area contributed by atoms with Crippen molar-refractivity contribution in [2.24, 2.45) is 0 Å². The monoisotopic (exact) mass is 263 g/mol. The summed E-state index contributed by atoms with van der Waals surface area (Å²) in [5, 5.41) is 0. The van der Waals surface area contributed by atoms with Crippen molar-refractivity contribution in [2.75, 3.05) is 32.9 Å². The minimum atomic E-state index is -4.05. The average molecular weight is 263 g/mol. The standard InChI is InChI=1S/C7H16N.C5H10O3S/c1-8(2)6-4-3-5-7-8;1-5(2)3-4-9(6,7)8/h3-7H2,1-2H3;3H,4H2,1-2H3,(H,6,7,8)/q+1;/p-1. The van der Waals surface area contributed by atoms with Crippen LogP contribution >= 0.6 is 0 Å². The van der Waals surface area contributed by atoms with E-state index >= 15 is 0 Å². The summed E-state index contributed by atoms with van der Waals surface area (Å²) in [6.07, 6.45) is 5.73. The Morgan fingerprint density at radius 3 is 1.82 bits per heavy atom. The van der Waals surface area contributed by atoms with Crippen molar-refractivity contribution in [1.29, 1.82) is 0 Å². The van der Waals surface area contributed by atoms with Gasteiger partial charge in [0, 0.05) is 0 Å². The highest BCUT2D eigenvalue weighted by Crippen LogP contribution is 2.12. The van der Waals surface area contributed by atoms with Gasteiger partial charge in [0.1, 0.15) is 0 Å². The van der Waals surface area contributed by atoms with E-state index in [0.717, 1.165) is 5.57 Å². The van der Waals surface area contributed by atoms with Crippen LogP contribution in [0.5, 0.6) is 0 Å². The Morgan fingerprint density at radius 1 is 1.18 bits per heavy atom. The first kappa shape index (κ1) is 16.6. The summed E-state index contributed by atoms with van der Waals surface area (Å²) in [5.74, 6) is -0.394. The molecule has 0 aromatic heterocycles. The van der Waals surface area contributed by atoms with Gasteiger partial charge in [-0.15, -0.1) is 0 Å². The minimum Gasteiger partial charge on any atom is -0.748 e. The minimum absolute atomic E-state index is 0.394. The number of hydrogen-bond acceptors (Lipinski definition) is 3. The normalized spacial score (nSPS) is 18.9. The molecule has 1 fully saturated rings. The molecule has 102 valence electrons. The van der Waals surface area contributed by atoms with Crippen molar-refractivity contribution in [2.45, 2.75) is 33.1 Å². The SMILES string of the molecule is CC(C)=CCS(=O)(=O)[O-].C[N+]1(C)CCCCC1. The fourth-order valence-electron chi connectivity index (χ4n) is 1.64. The van der Waals surface area contributed by atoms with Crippen molar-refractivity contribution in [1.82, 2.24) is 0 Å². The fourth-order valence-corrected chi connectivity index (χ4v) is 2.17. The molecule has 0 aromatic carbocycles. The van der Waals surface area contributed by atoms with Gasteiger partial charge in [-0.05, 0) is 33.1 Å². The van der Waals surface area contributed by atoms with Gasteiger partial charge in [-0.1, -0.05) is 11.6 Å². The summed E-state index contributed by atoms with van der Waals surface area (Å²) in [4.78, 5) is 0. The van der Waals surface area contributed by atoms with Crippen LogP contribution in [0.1, 0.15) is 33.1 Å². The van der Waals surface area contributed by atoms with Crippen molar-refractivity contribution < 1.29 is 17.5 Å². The van der Waals surface area contributed by atoms with E-state index in [1.54, 1.807) is 13.8 Å². The van der Waals surface area contributed by atoms with Crippen LogP contribution in [0.3, 0.4) is 0 Å². The van der Waals surface area contributed by atoms with Crippen LogP contribution in [0.4, 0.5) is 0 Å². The number of quaternary nitrogens is 1. The Kier molecular flexibility index (Phi) is 6.97. The molecule has 1 aliphatic heterocycles. The lowest BCUT2D eigenvalue weighted by atomic mass is 10.1. The van der Waals surface area contributed by atoms with Gasteiger partial charge in [-0.25, -0.2) is 8.42 Å². The van der Waals surface area contributed by atoms with Crippen LogP contribution in [0, 0.1) is 0 Å². The lowest BCUT2D eigenvalue weighted by Crippen LogP contribution is -2.43. The molecular weight excluding hydrogens is 238 g/mol. The lowest BCUT2D eigenvalue weighted by molar-refractivity contribution is -0.894. The average Bonchev–Trinajstić information content (AvgIpc) is 2.14. The zero-order chi connectivity index (χ0) is 13.5. The van der Waals surface area contributed by atoms with Gasteiger partial charge in [0.15, 0.2) is 0 Å². The molecule has 1 heterocycles. The molecule has 0 atom stereocenters. The molecule has 0 bridgehead atoms. The molecule has 5 heteroatoms. The summed E-state index contributed by atoms with van der Waals surface area (Å²) in [6, 6.07) is 0. The van der Waals surface area contributed by atoms with Crippen molar-refractivity contribution in [3.8, 4) is 0 Å². The predicted molar refractivity (Wildman–Crippen MR) is 69.7 cm³/mol. The molecule has 0 unspecified atom stereocenters. The zero-order valence-electron chi connectivity index (χ0n) is 11.4. The van der Waals surface area contributed by atoms with Gasteiger partial charge in [0.05, 0.1) is 43.1 Å². The first-order valence-electron chi connectivity index (χ1n) is 6.01. The van der Waals surface area contributed by atoms with Gasteiger partial charge in [-0.2, -0.15) is 0 Å². The maximum Gasteiger partial charge on any atom is 0.0982 e. The van der Waals surface area contributed by atoms with Crippen LogP contribution in [0.2, 0.25) is 0 Å². The second kappa shape index (κ2) is 7.13. The van der Waals surface area contributed by atoms with E-state index in [0.29, 0.717) is 0 Å². The molecule has 0 saturated carbocycles. The first-order chi connectivity index (χ1) is 7.62. The Morgan fingerprint density at radius 2 is 1.65 bits per heavy atom. The molecule has 1 aliphatic rings. The van der Waals surface area contributed by atoms with Crippen LogP contribution < -0.4 is 0 Å². The Hall–Kier alpha value is -0.390. The molecule has 1 saturated heterocycles. The van der Waals surface area contributed by atoms with E-state index in [4.69, 9.17) is 0 Å². The summed E-state index contributed by atoms with van der Waals surface area (Å²) in [6.45, 7) is 6.26. The van der Waals surface area contributed by atoms with Crippen molar-refractivity contribution >= 4 is 10.1 Å². The van der Waals surface area contributed by atoms with E-state index in [1.165, 1.54) is 42.9 Å². The highest BCUT2D eigenvalue weighted by atomic mass is 32.2. The van der Waals surface area contributed by atoms with Gasteiger partial charge in [0.25, 0.3) is 0 Å². The van der Waals surface area contributed by atoms with Crippen LogP contribution in [-0.4, -0.2) is 50.4 Å². The number of allylic oxidation sites excluding steroid dienone is 1. The molecule has 0 aromatic rings. The number of nitrogens with zero attached hydrogens (tertiary/aromatic N) is 1. The highest BCUT2D eigenvalue weighted by Gasteiger charge is 2.17. The summed E-state index contributed by atoms with van der Waals surface area (Å²) in [5.41, 5.74) is 0.842. The summed E-state index contributed by atoms with van der Waals surface area (Å²) < 4.78 is 31.1. The highest BCUT2D eigenvalue weighted by molar-refractivity contribution is 7.85. The Labute approximate surface area is 106 Å². The number of likely N-dealkylation sites (tertiary alicyclic amines) is 1. The van der Waals surface area contributed by atoms with E-state index in [9.17, 15) is 13.0 Å². The number of hydrogen-bond donors (Lipinski definition) is 0. The van der Waals surface area contributed by atoms with Gasteiger partial charge in [0.2, 0.25) is 0 Å². The van der Waals surface area contributed by atoms with E-state index < -0.39 is 15.9 Å². The van der Waals surface area contributed by atoms with Crippen LogP contribution in [-0.2, 0) is 10.1 Å². The Balaban J connectivity index is 0.000000302. The van der Waals surface area contributed by atoms with E-state index in [2.05, 4.69) is 14.1 Å². The van der Waals surface area contributed by atoms with Gasteiger partial charge >= 0.3 is 0 Å². The lowest BCUT2D eigenvalue weighted by Gasteiger charge is -2.33. The molecule has 0 radical (unpaired) electrons. The van der Waals surface area contributed by atoms with Crippen molar-refractivity contribution in [3.05, 3.63) is 11.6 Å². The van der Waals surface area contributed by atoms with Crippen molar-refractivity contribution in [3.63, 3.8) is 0 Å². The third kappa shape index (κ3) is 11.9. The molecule has 0 N–H and O–H groups in total. The van der Waals surface area contributed by atoms with E-state index in [-0.39, 0.29) is 0 Å². The third-order valence-electron chi connectivity index (χ3n) is 2.72. The number of rotatable bonds is 2. The molecule has 0 aliphatic carbocycles.